The lowest BCUT2D eigenvalue weighted by atomic mass is 10.1. The van der Waals surface area contributed by atoms with Crippen molar-refractivity contribution in [1.29, 1.82) is 0 Å². The molecule has 140 valence electrons. The summed E-state index contributed by atoms with van der Waals surface area (Å²) in [4.78, 5) is 25.5. The number of hydrogen-bond acceptors (Lipinski definition) is 5. The van der Waals surface area contributed by atoms with Crippen molar-refractivity contribution in [2.24, 2.45) is 0 Å². The second kappa shape index (κ2) is 10.1. The minimum absolute atomic E-state index is 0.0291. The minimum Gasteiger partial charge on any atom is -0.444 e. The van der Waals surface area contributed by atoms with Crippen molar-refractivity contribution >= 4 is 23.8 Å². The van der Waals surface area contributed by atoms with Gasteiger partial charge >= 0.3 is 6.09 Å². The Morgan fingerprint density at radius 1 is 1.29 bits per heavy atom. The lowest BCUT2D eigenvalue weighted by Crippen LogP contribution is -2.44. The normalized spacial score (nSPS) is 17.5. The predicted octanol–water partition coefficient (Wildman–Crippen LogP) is 2.66. The van der Waals surface area contributed by atoms with E-state index in [1.807, 2.05) is 38.9 Å². The zero-order chi connectivity index (χ0) is 18.2. The number of nitrogens with zero attached hydrogens (tertiary/aromatic N) is 1. The van der Waals surface area contributed by atoms with E-state index in [1.54, 1.807) is 11.8 Å². The van der Waals surface area contributed by atoms with E-state index in [9.17, 15) is 9.59 Å². The highest BCUT2D eigenvalue weighted by Gasteiger charge is 2.25. The van der Waals surface area contributed by atoms with Crippen LogP contribution in [0.4, 0.5) is 4.79 Å². The van der Waals surface area contributed by atoms with E-state index >= 15 is 0 Å². The van der Waals surface area contributed by atoms with E-state index in [4.69, 9.17) is 9.47 Å². The van der Waals surface area contributed by atoms with Crippen molar-refractivity contribution in [3.8, 4) is 0 Å². The van der Waals surface area contributed by atoms with Gasteiger partial charge in [0.25, 0.3) is 0 Å². The van der Waals surface area contributed by atoms with E-state index in [1.165, 1.54) is 0 Å². The molecule has 2 amide bonds. The first-order valence-corrected chi connectivity index (χ1v) is 9.91. The Labute approximate surface area is 150 Å². The average Bonchev–Trinajstić information content (AvgIpc) is 2.52. The molecular formula is C17H32N2O4S. The van der Waals surface area contributed by atoms with Gasteiger partial charge in [0.2, 0.25) is 5.91 Å². The zero-order valence-electron chi connectivity index (χ0n) is 15.6. The van der Waals surface area contributed by atoms with Crippen molar-refractivity contribution < 1.29 is 19.1 Å². The van der Waals surface area contributed by atoms with Crippen molar-refractivity contribution in [3.05, 3.63) is 0 Å². The molecule has 0 spiro atoms. The van der Waals surface area contributed by atoms with Crippen LogP contribution in [-0.4, -0.2) is 66.4 Å². The molecule has 24 heavy (non-hydrogen) atoms. The Hall–Kier alpha value is -0.950. The highest BCUT2D eigenvalue weighted by atomic mass is 32.2. The van der Waals surface area contributed by atoms with Crippen LogP contribution in [0.2, 0.25) is 0 Å². The van der Waals surface area contributed by atoms with E-state index in [0.29, 0.717) is 13.2 Å². The van der Waals surface area contributed by atoms with Crippen molar-refractivity contribution in [1.82, 2.24) is 10.2 Å². The van der Waals surface area contributed by atoms with Gasteiger partial charge in [-0.2, -0.15) is 11.8 Å². The third-order valence-electron chi connectivity index (χ3n) is 3.80. The molecule has 0 aromatic carbocycles. The van der Waals surface area contributed by atoms with Gasteiger partial charge in [-0.3, -0.25) is 4.79 Å². The largest absolute Gasteiger partial charge is 0.444 e. The molecule has 0 unspecified atom stereocenters. The summed E-state index contributed by atoms with van der Waals surface area (Å²) in [5.41, 5.74) is -0.472. The fourth-order valence-electron chi connectivity index (χ4n) is 2.43. The van der Waals surface area contributed by atoms with Gasteiger partial charge < -0.3 is 19.7 Å². The number of nitrogens with one attached hydrogen (secondary N) is 1. The molecule has 1 atom stereocenters. The molecule has 6 nitrogen and oxygen atoms in total. The Bertz CT molecular complexity index is 404. The SMILES string of the molecule is CS[C@@H](C)C(=O)N1CCC(OCCCNC(=O)OC(C)(C)C)CC1. The fraction of sp³-hybridized carbons (Fsp3) is 0.882. The third-order valence-corrected chi connectivity index (χ3v) is 4.71. The van der Waals surface area contributed by atoms with E-state index in [2.05, 4.69) is 5.32 Å². The molecule has 0 saturated carbocycles. The quantitative estimate of drug-likeness (QED) is 0.707. The van der Waals surface area contributed by atoms with E-state index in [-0.39, 0.29) is 17.3 Å². The molecule has 0 aliphatic carbocycles. The predicted molar refractivity (Wildman–Crippen MR) is 97.4 cm³/mol. The van der Waals surface area contributed by atoms with Gasteiger partial charge in [0.05, 0.1) is 11.4 Å². The van der Waals surface area contributed by atoms with Crippen LogP contribution in [0.15, 0.2) is 0 Å². The molecule has 1 heterocycles. The number of amides is 2. The van der Waals surface area contributed by atoms with E-state index in [0.717, 1.165) is 32.4 Å². The second-order valence-corrected chi connectivity index (χ2v) is 8.23. The first-order chi connectivity index (χ1) is 11.2. The van der Waals surface area contributed by atoms with Crippen LogP contribution in [-0.2, 0) is 14.3 Å². The van der Waals surface area contributed by atoms with Gasteiger partial charge in [0, 0.05) is 26.2 Å². The molecular weight excluding hydrogens is 328 g/mol. The monoisotopic (exact) mass is 360 g/mol. The molecule has 1 rings (SSSR count). The number of rotatable bonds is 7. The summed E-state index contributed by atoms with van der Waals surface area (Å²) in [5, 5.41) is 2.75. The summed E-state index contributed by atoms with van der Waals surface area (Å²) in [6, 6.07) is 0. The van der Waals surface area contributed by atoms with Crippen LogP contribution in [0, 0.1) is 0 Å². The molecule has 1 fully saturated rings. The number of carbonyl (C=O) groups is 2. The van der Waals surface area contributed by atoms with Crippen LogP contribution in [0.1, 0.15) is 47.0 Å². The van der Waals surface area contributed by atoms with Crippen molar-refractivity contribution in [2.75, 3.05) is 32.5 Å². The smallest absolute Gasteiger partial charge is 0.407 e. The number of likely N-dealkylation sites (tertiary alicyclic amines) is 1. The molecule has 1 aliphatic heterocycles. The molecule has 0 radical (unpaired) electrons. The standard InChI is InChI=1S/C17H32N2O4S/c1-13(24-5)15(20)19-10-7-14(8-11-19)22-12-6-9-18-16(21)23-17(2,3)4/h13-14H,6-12H2,1-5H3,(H,18,21)/t13-/m0/s1. The maximum absolute atomic E-state index is 12.1. The molecule has 7 heteroatoms. The van der Waals surface area contributed by atoms with Gasteiger partial charge in [-0.15, -0.1) is 0 Å². The fourth-order valence-corrected chi connectivity index (χ4v) is 2.78. The summed E-state index contributed by atoms with van der Waals surface area (Å²) in [6.45, 7) is 10.2. The Balaban J connectivity index is 2.10. The van der Waals surface area contributed by atoms with E-state index < -0.39 is 11.7 Å². The molecule has 0 bridgehead atoms. The third kappa shape index (κ3) is 8.24. The van der Waals surface area contributed by atoms with Gasteiger partial charge in [0.15, 0.2) is 0 Å². The number of ether oxygens (including phenoxy) is 2. The van der Waals surface area contributed by atoms with Crippen LogP contribution >= 0.6 is 11.8 Å². The summed E-state index contributed by atoms with van der Waals surface area (Å²) in [5.74, 6) is 0.225. The minimum atomic E-state index is -0.472. The second-order valence-electron chi connectivity index (χ2n) is 7.06. The number of carbonyl (C=O) groups excluding carboxylic acids is 2. The van der Waals surface area contributed by atoms with Crippen LogP contribution < -0.4 is 5.32 Å². The first-order valence-electron chi connectivity index (χ1n) is 8.63. The van der Waals surface area contributed by atoms with Gasteiger partial charge in [-0.25, -0.2) is 4.79 Å². The summed E-state index contributed by atoms with van der Waals surface area (Å²) >= 11 is 1.59. The molecule has 1 aliphatic rings. The van der Waals surface area contributed by atoms with Gasteiger partial charge in [-0.05, 0) is 53.2 Å². The zero-order valence-corrected chi connectivity index (χ0v) is 16.4. The topological polar surface area (TPSA) is 67.9 Å². The molecule has 1 N–H and O–H groups in total. The van der Waals surface area contributed by atoms with Crippen LogP contribution in [0.25, 0.3) is 0 Å². The highest BCUT2D eigenvalue weighted by Crippen LogP contribution is 2.17. The molecule has 0 aromatic rings. The average molecular weight is 361 g/mol. The van der Waals surface area contributed by atoms with Crippen LogP contribution in [0.5, 0.6) is 0 Å². The number of thioether (sulfide) groups is 1. The first kappa shape index (κ1) is 21.1. The van der Waals surface area contributed by atoms with Crippen molar-refractivity contribution in [2.45, 2.75) is 63.9 Å². The van der Waals surface area contributed by atoms with Gasteiger partial charge in [0.1, 0.15) is 5.60 Å². The summed E-state index contributed by atoms with van der Waals surface area (Å²) in [6.07, 6.45) is 4.29. The molecule has 0 aromatic heterocycles. The van der Waals surface area contributed by atoms with Crippen LogP contribution in [0.3, 0.4) is 0 Å². The Kier molecular flexibility index (Phi) is 8.91. The summed E-state index contributed by atoms with van der Waals surface area (Å²) < 4.78 is 11.0. The Morgan fingerprint density at radius 3 is 2.46 bits per heavy atom. The lowest BCUT2D eigenvalue weighted by Gasteiger charge is -2.33. The molecule has 1 saturated heterocycles. The maximum Gasteiger partial charge on any atom is 0.407 e. The number of hydrogen-bond donors (Lipinski definition) is 1. The van der Waals surface area contributed by atoms with Gasteiger partial charge in [-0.1, -0.05) is 0 Å². The lowest BCUT2D eigenvalue weighted by molar-refractivity contribution is -0.132. The number of alkyl carbamates (subject to hydrolysis) is 1. The Morgan fingerprint density at radius 2 is 1.92 bits per heavy atom. The summed E-state index contributed by atoms with van der Waals surface area (Å²) in [7, 11) is 0. The van der Waals surface area contributed by atoms with Crippen molar-refractivity contribution in [3.63, 3.8) is 0 Å². The maximum atomic E-state index is 12.1. The number of piperidine rings is 1. The highest BCUT2D eigenvalue weighted by molar-refractivity contribution is 7.99.